The molecule has 2 aromatic rings. The molecule has 2 rings (SSSR count). The van der Waals surface area contributed by atoms with Crippen molar-refractivity contribution in [2.75, 3.05) is 0 Å². The quantitative estimate of drug-likeness (QED) is 0.348. The van der Waals surface area contributed by atoms with E-state index in [2.05, 4.69) is 23.7 Å². The lowest BCUT2D eigenvalue weighted by molar-refractivity contribution is -0.384. The fourth-order valence-electron chi connectivity index (χ4n) is 1.56. The SMILES string of the molecule is O=CC#Cc1ccc(C#Cc2ccc([N+](=O)[O-])cc2)cc1. The third kappa shape index (κ3) is 4.05. The molecule has 0 atom stereocenters. The maximum Gasteiger partial charge on any atom is 0.269 e. The van der Waals surface area contributed by atoms with Crippen LogP contribution in [0.15, 0.2) is 48.5 Å². The van der Waals surface area contributed by atoms with E-state index in [1.165, 1.54) is 12.1 Å². The van der Waals surface area contributed by atoms with Gasteiger partial charge in [-0.2, -0.15) is 0 Å². The van der Waals surface area contributed by atoms with Gasteiger partial charge in [-0.3, -0.25) is 14.9 Å². The number of nitro groups is 1. The highest BCUT2D eigenvalue weighted by Crippen LogP contribution is 2.11. The summed E-state index contributed by atoms with van der Waals surface area (Å²) in [6.07, 6.45) is 0.544. The predicted molar refractivity (Wildman–Crippen MR) is 78.5 cm³/mol. The third-order valence-electron chi connectivity index (χ3n) is 2.59. The number of nitro benzene ring substituents is 1. The fourth-order valence-corrected chi connectivity index (χ4v) is 1.56. The Hall–Kier alpha value is -3.37. The summed E-state index contributed by atoms with van der Waals surface area (Å²) in [7, 11) is 0. The first-order valence-corrected chi connectivity index (χ1v) is 6.01. The average Bonchev–Trinajstić information content (AvgIpc) is 2.52. The van der Waals surface area contributed by atoms with Gasteiger partial charge >= 0.3 is 0 Å². The van der Waals surface area contributed by atoms with Crippen LogP contribution >= 0.6 is 0 Å². The molecule has 0 aromatic heterocycles. The maximum atomic E-state index is 10.5. The molecule has 0 saturated carbocycles. The van der Waals surface area contributed by atoms with Crippen LogP contribution in [-0.2, 0) is 4.79 Å². The first-order valence-electron chi connectivity index (χ1n) is 6.01. The van der Waals surface area contributed by atoms with E-state index in [-0.39, 0.29) is 5.69 Å². The summed E-state index contributed by atoms with van der Waals surface area (Å²) in [6.45, 7) is 0. The minimum absolute atomic E-state index is 0.0404. The first-order chi connectivity index (χ1) is 10.2. The third-order valence-corrected chi connectivity index (χ3v) is 2.59. The predicted octanol–water partition coefficient (Wildman–Crippen LogP) is 2.54. The second-order valence-corrected chi connectivity index (χ2v) is 4.02. The summed E-state index contributed by atoms with van der Waals surface area (Å²) in [6, 6.07) is 13.2. The van der Waals surface area contributed by atoms with Crippen LogP contribution in [0.1, 0.15) is 16.7 Å². The molecular formula is C17H9NO3. The highest BCUT2D eigenvalue weighted by molar-refractivity contribution is 5.74. The van der Waals surface area contributed by atoms with Gasteiger partial charge < -0.3 is 0 Å². The van der Waals surface area contributed by atoms with Gasteiger partial charge in [0.25, 0.3) is 5.69 Å². The van der Waals surface area contributed by atoms with Crippen molar-refractivity contribution < 1.29 is 9.72 Å². The molecule has 0 heterocycles. The first kappa shape index (κ1) is 14.0. The molecule has 0 spiro atoms. The largest absolute Gasteiger partial charge is 0.289 e. The normalized spacial score (nSPS) is 8.76. The average molecular weight is 275 g/mol. The molecule has 21 heavy (non-hydrogen) atoms. The van der Waals surface area contributed by atoms with E-state index in [9.17, 15) is 14.9 Å². The van der Waals surface area contributed by atoms with Crippen LogP contribution in [0.2, 0.25) is 0 Å². The topological polar surface area (TPSA) is 60.2 Å². The van der Waals surface area contributed by atoms with Crippen LogP contribution in [0, 0.1) is 33.8 Å². The summed E-state index contributed by atoms with van der Waals surface area (Å²) in [4.78, 5) is 20.2. The van der Waals surface area contributed by atoms with Crippen LogP contribution in [-0.4, -0.2) is 11.2 Å². The second kappa shape index (κ2) is 6.70. The summed E-state index contributed by atoms with van der Waals surface area (Å²) < 4.78 is 0. The smallest absolute Gasteiger partial charge is 0.269 e. The molecule has 0 saturated heterocycles. The summed E-state index contributed by atoms with van der Waals surface area (Å²) >= 11 is 0. The van der Waals surface area contributed by atoms with E-state index in [1.807, 2.05) is 0 Å². The minimum Gasteiger partial charge on any atom is -0.289 e. The van der Waals surface area contributed by atoms with Crippen molar-refractivity contribution in [2.45, 2.75) is 0 Å². The number of rotatable bonds is 1. The van der Waals surface area contributed by atoms with Gasteiger partial charge in [-0.15, -0.1) is 0 Å². The van der Waals surface area contributed by atoms with Crippen LogP contribution in [0.25, 0.3) is 0 Å². The standard InChI is InChI=1S/C17H9NO3/c19-13-1-2-14-3-5-15(6-4-14)7-8-16-9-11-17(12-10-16)18(20)21/h3-6,9-13H. The van der Waals surface area contributed by atoms with Gasteiger partial charge in [-0.25, -0.2) is 0 Å². The monoisotopic (exact) mass is 275 g/mol. The molecule has 0 N–H and O–H groups in total. The van der Waals surface area contributed by atoms with Gasteiger partial charge in [0.1, 0.15) is 0 Å². The zero-order chi connectivity index (χ0) is 15.1. The van der Waals surface area contributed by atoms with Crippen molar-refractivity contribution in [1.29, 1.82) is 0 Å². The van der Waals surface area contributed by atoms with E-state index in [0.29, 0.717) is 11.8 Å². The van der Waals surface area contributed by atoms with Crippen molar-refractivity contribution in [1.82, 2.24) is 0 Å². The summed E-state index contributed by atoms with van der Waals surface area (Å²) in [5, 5.41) is 10.5. The lowest BCUT2D eigenvalue weighted by Gasteiger charge is -1.93. The molecule has 0 aliphatic carbocycles. The van der Waals surface area contributed by atoms with Crippen LogP contribution in [0.4, 0.5) is 5.69 Å². The molecule has 0 amide bonds. The Morgan fingerprint density at radius 1 is 0.810 bits per heavy atom. The second-order valence-electron chi connectivity index (χ2n) is 4.02. The number of benzene rings is 2. The Labute approximate surface area is 121 Å². The van der Waals surface area contributed by atoms with Crippen molar-refractivity contribution in [3.8, 4) is 23.7 Å². The molecule has 2 aromatic carbocycles. The van der Waals surface area contributed by atoms with Crippen molar-refractivity contribution in [3.63, 3.8) is 0 Å². The minimum atomic E-state index is -0.448. The molecule has 4 heteroatoms. The zero-order valence-electron chi connectivity index (χ0n) is 10.9. The highest BCUT2D eigenvalue weighted by atomic mass is 16.6. The lowest BCUT2D eigenvalue weighted by atomic mass is 10.1. The zero-order valence-corrected chi connectivity index (χ0v) is 10.9. The van der Waals surface area contributed by atoms with E-state index >= 15 is 0 Å². The molecule has 0 aliphatic heterocycles. The van der Waals surface area contributed by atoms with Gasteiger partial charge in [0.05, 0.1) is 4.92 Å². The van der Waals surface area contributed by atoms with Crippen LogP contribution in [0.5, 0.6) is 0 Å². The van der Waals surface area contributed by atoms with Gasteiger partial charge in [-0.05, 0) is 42.3 Å². The molecule has 0 fully saturated rings. The van der Waals surface area contributed by atoms with Gasteiger partial charge in [-0.1, -0.05) is 17.8 Å². The number of non-ortho nitro benzene ring substituents is 1. The lowest BCUT2D eigenvalue weighted by Crippen LogP contribution is -1.86. The van der Waals surface area contributed by atoms with Crippen molar-refractivity contribution in [3.05, 3.63) is 75.3 Å². The van der Waals surface area contributed by atoms with E-state index < -0.39 is 4.92 Å². The molecule has 0 bridgehead atoms. The number of hydrogen-bond acceptors (Lipinski definition) is 3. The molecule has 100 valence electrons. The Balaban J connectivity index is 2.15. The summed E-state index contributed by atoms with van der Waals surface area (Å²) in [5.74, 6) is 10.9. The number of nitrogens with zero attached hydrogens (tertiary/aromatic N) is 1. The highest BCUT2D eigenvalue weighted by Gasteiger charge is 2.02. The van der Waals surface area contributed by atoms with Crippen molar-refractivity contribution >= 4 is 12.0 Å². The molecular weight excluding hydrogens is 266 g/mol. The van der Waals surface area contributed by atoms with E-state index in [1.54, 1.807) is 36.4 Å². The number of carbonyl (C=O) groups excluding carboxylic acids is 1. The number of hydrogen-bond donors (Lipinski definition) is 0. The van der Waals surface area contributed by atoms with Gasteiger partial charge in [0, 0.05) is 28.8 Å². The molecule has 0 aliphatic rings. The van der Waals surface area contributed by atoms with Crippen LogP contribution < -0.4 is 0 Å². The Morgan fingerprint density at radius 2 is 1.24 bits per heavy atom. The van der Waals surface area contributed by atoms with E-state index in [4.69, 9.17) is 0 Å². The van der Waals surface area contributed by atoms with Gasteiger partial charge in [0.2, 0.25) is 0 Å². The summed E-state index contributed by atoms with van der Waals surface area (Å²) in [5.41, 5.74) is 2.28. The van der Waals surface area contributed by atoms with Gasteiger partial charge in [0.15, 0.2) is 6.29 Å². The Morgan fingerprint density at radius 3 is 1.67 bits per heavy atom. The maximum absolute atomic E-state index is 10.5. The Bertz CT molecular complexity index is 782. The van der Waals surface area contributed by atoms with Crippen molar-refractivity contribution in [2.24, 2.45) is 0 Å². The number of aldehydes is 1. The molecule has 4 nitrogen and oxygen atoms in total. The molecule has 0 radical (unpaired) electrons. The Kier molecular flexibility index (Phi) is 4.48. The fraction of sp³-hybridized carbons (Fsp3) is 0. The van der Waals surface area contributed by atoms with Crippen LogP contribution in [0.3, 0.4) is 0 Å². The van der Waals surface area contributed by atoms with E-state index in [0.717, 1.165) is 11.1 Å². The number of carbonyl (C=O) groups is 1. The molecule has 0 unspecified atom stereocenters.